The minimum absolute atomic E-state index is 0.309. The summed E-state index contributed by atoms with van der Waals surface area (Å²) in [6, 6.07) is 4.64. The van der Waals surface area contributed by atoms with Crippen molar-refractivity contribution in [2.24, 2.45) is 4.99 Å². The molecule has 1 aliphatic heterocycles. The van der Waals surface area contributed by atoms with Crippen molar-refractivity contribution in [1.82, 2.24) is 24.9 Å². The van der Waals surface area contributed by atoms with Crippen molar-refractivity contribution >= 4 is 22.4 Å². The summed E-state index contributed by atoms with van der Waals surface area (Å²) in [6.45, 7) is 1.81. The number of imidazole rings is 1. The number of anilines is 1. The Bertz CT molecular complexity index is 1180. The van der Waals surface area contributed by atoms with Gasteiger partial charge in [-0.25, -0.2) is 24.3 Å². The molecule has 0 amide bonds. The van der Waals surface area contributed by atoms with Crippen LogP contribution in [-0.2, 0) is 0 Å². The monoisotopic (exact) mass is 377 g/mol. The number of halogens is 1. The van der Waals surface area contributed by atoms with Gasteiger partial charge in [-0.2, -0.15) is 0 Å². The Morgan fingerprint density at radius 2 is 2.00 bits per heavy atom. The van der Waals surface area contributed by atoms with Crippen LogP contribution in [0.3, 0.4) is 0 Å². The minimum Gasteiger partial charge on any atom is -0.447 e. The Balaban J connectivity index is 1.66. The number of benzene rings is 1. The summed E-state index contributed by atoms with van der Waals surface area (Å²) in [4.78, 5) is 25.5. The number of nitrogens with one attached hydrogen (secondary N) is 2. The van der Waals surface area contributed by atoms with E-state index in [2.05, 4.69) is 24.9 Å². The topological polar surface area (TPSA) is 95.1 Å². The Labute approximate surface area is 159 Å². The molecular weight excluding hydrogens is 361 g/mol. The predicted molar refractivity (Wildman–Crippen MR) is 102 cm³/mol. The van der Waals surface area contributed by atoms with Gasteiger partial charge in [0.25, 0.3) is 6.35 Å². The predicted octanol–water partition coefficient (Wildman–Crippen LogP) is 2.78. The average Bonchev–Trinajstić information content (AvgIpc) is 3.34. The highest BCUT2D eigenvalue weighted by molar-refractivity contribution is 6.22. The Morgan fingerprint density at radius 3 is 2.75 bits per heavy atom. The van der Waals surface area contributed by atoms with E-state index in [1.807, 2.05) is 11.9 Å². The van der Waals surface area contributed by atoms with E-state index in [0.717, 1.165) is 22.3 Å². The molecule has 3 aromatic heterocycles. The number of ether oxygens (including phenoxy) is 1. The molecule has 0 saturated heterocycles. The lowest BCUT2D eigenvalue weighted by Gasteiger charge is -2.31. The van der Waals surface area contributed by atoms with Crippen LogP contribution in [0.4, 0.5) is 10.2 Å². The zero-order chi connectivity index (χ0) is 19.3. The van der Waals surface area contributed by atoms with E-state index in [0.29, 0.717) is 23.0 Å². The first-order chi connectivity index (χ1) is 13.6. The standard InChI is InChI=1S/C19H16FN7O/c1-10-22-6-12(7-23-10)28-19-26-17(15-8-21-9-24-15)16-13-5-11(20)3-4-14(13)25-18(16)27(19)2/h3-9,19,25H,1-2H3,(H,21,24). The summed E-state index contributed by atoms with van der Waals surface area (Å²) >= 11 is 0. The van der Waals surface area contributed by atoms with E-state index in [4.69, 9.17) is 9.73 Å². The lowest BCUT2D eigenvalue weighted by molar-refractivity contribution is 0.208. The number of aromatic nitrogens is 5. The fourth-order valence-electron chi connectivity index (χ4n) is 3.28. The van der Waals surface area contributed by atoms with Crippen LogP contribution in [0.5, 0.6) is 5.75 Å². The summed E-state index contributed by atoms with van der Waals surface area (Å²) in [5.41, 5.74) is 2.96. The Kier molecular flexibility index (Phi) is 3.61. The maximum Gasteiger partial charge on any atom is 0.272 e. The lowest BCUT2D eigenvalue weighted by Crippen LogP contribution is -2.40. The molecule has 0 spiro atoms. The molecule has 2 N–H and O–H groups in total. The highest BCUT2D eigenvalue weighted by Gasteiger charge is 2.32. The molecule has 9 heteroatoms. The zero-order valence-electron chi connectivity index (χ0n) is 15.1. The first-order valence-corrected chi connectivity index (χ1v) is 8.66. The van der Waals surface area contributed by atoms with Crippen molar-refractivity contribution in [3.63, 3.8) is 0 Å². The van der Waals surface area contributed by atoms with Crippen LogP contribution in [0.2, 0.25) is 0 Å². The van der Waals surface area contributed by atoms with E-state index in [1.165, 1.54) is 12.1 Å². The van der Waals surface area contributed by atoms with E-state index in [9.17, 15) is 4.39 Å². The molecule has 1 unspecified atom stereocenters. The van der Waals surface area contributed by atoms with Crippen LogP contribution in [-0.4, -0.2) is 44.0 Å². The molecule has 0 aliphatic carbocycles. The molecule has 4 heterocycles. The van der Waals surface area contributed by atoms with Crippen molar-refractivity contribution in [3.05, 3.63) is 66.0 Å². The van der Waals surface area contributed by atoms with Crippen LogP contribution in [0, 0.1) is 12.7 Å². The van der Waals surface area contributed by atoms with E-state index in [1.54, 1.807) is 37.9 Å². The number of H-pyrrole nitrogens is 2. The number of rotatable bonds is 3. The summed E-state index contributed by atoms with van der Waals surface area (Å²) in [7, 11) is 1.86. The number of aryl methyl sites for hydroxylation is 1. The molecule has 28 heavy (non-hydrogen) atoms. The van der Waals surface area contributed by atoms with Gasteiger partial charge >= 0.3 is 0 Å². The van der Waals surface area contributed by atoms with Gasteiger partial charge in [-0.1, -0.05) is 0 Å². The van der Waals surface area contributed by atoms with Gasteiger partial charge in [0, 0.05) is 18.0 Å². The smallest absolute Gasteiger partial charge is 0.272 e. The molecule has 1 atom stereocenters. The van der Waals surface area contributed by atoms with Crippen LogP contribution in [0.25, 0.3) is 10.9 Å². The van der Waals surface area contributed by atoms with E-state index < -0.39 is 6.35 Å². The van der Waals surface area contributed by atoms with Crippen molar-refractivity contribution in [3.8, 4) is 5.75 Å². The van der Waals surface area contributed by atoms with E-state index in [-0.39, 0.29) is 5.82 Å². The van der Waals surface area contributed by atoms with Gasteiger partial charge in [-0.05, 0) is 25.1 Å². The maximum atomic E-state index is 13.9. The third kappa shape index (κ3) is 2.59. The van der Waals surface area contributed by atoms with Gasteiger partial charge in [0.2, 0.25) is 0 Å². The van der Waals surface area contributed by atoms with Gasteiger partial charge in [0.15, 0.2) is 5.75 Å². The molecule has 1 aliphatic rings. The molecule has 0 fully saturated rings. The number of hydrogen-bond acceptors (Lipinski definition) is 6. The molecule has 0 bridgehead atoms. The highest BCUT2D eigenvalue weighted by Crippen LogP contribution is 2.35. The summed E-state index contributed by atoms with van der Waals surface area (Å²) in [5.74, 6) is 1.63. The largest absolute Gasteiger partial charge is 0.447 e. The number of fused-ring (bicyclic) bond motifs is 3. The van der Waals surface area contributed by atoms with Gasteiger partial charge in [0.05, 0.1) is 36.2 Å². The quantitative estimate of drug-likeness (QED) is 0.572. The first kappa shape index (κ1) is 16.4. The second-order valence-corrected chi connectivity index (χ2v) is 6.50. The second-order valence-electron chi connectivity index (χ2n) is 6.50. The second kappa shape index (κ2) is 6.15. The van der Waals surface area contributed by atoms with Gasteiger partial charge in [-0.15, -0.1) is 0 Å². The molecule has 5 rings (SSSR count). The first-order valence-electron chi connectivity index (χ1n) is 8.66. The highest BCUT2D eigenvalue weighted by atomic mass is 19.1. The van der Waals surface area contributed by atoms with Crippen molar-refractivity contribution in [2.45, 2.75) is 13.3 Å². The average molecular weight is 377 g/mol. The van der Waals surface area contributed by atoms with Gasteiger partial charge in [0.1, 0.15) is 23.2 Å². The van der Waals surface area contributed by atoms with Crippen molar-refractivity contribution in [2.75, 3.05) is 11.9 Å². The van der Waals surface area contributed by atoms with Crippen LogP contribution in [0.1, 0.15) is 17.1 Å². The maximum absolute atomic E-state index is 13.9. The molecule has 1 aromatic carbocycles. The summed E-state index contributed by atoms with van der Waals surface area (Å²) < 4.78 is 19.9. The van der Waals surface area contributed by atoms with Gasteiger partial charge < -0.3 is 19.6 Å². The Morgan fingerprint density at radius 1 is 1.18 bits per heavy atom. The number of nitrogens with zero attached hydrogens (tertiary/aromatic N) is 5. The van der Waals surface area contributed by atoms with Crippen LogP contribution >= 0.6 is 0 Å². The third-order valence-electron chi connectivity index (χ3n) is 4.65. The number of aromatic amines is 2. The van der Waals surface area contributed by atoms with Crippen LogP contribution < -0.4 is 9.64 Å². The van der Waals surface area contributed by atoms with Crippen molar-refractivity contribution in [1.29, 1.82) is 0 Å². The molecule has 0 saturated carbocycles. The fourth-order valence-corrected chi connectivity index (χ4v) is 3.28. The van der Waals surface area contributed by atoms with Crippen LogP contribution in [0.15, 0.2) is 48.1 Å². The van der Waals surface area contributed by atoms with Gasteiger partial charge in [-0.3, -0.25) is 0 Å². The number of hydrogen-bond donors (Lipinski definition) is 2. The van der Waals surface area contributed by atoms with Crippen molar-refractivity contribution < 1.29 is 9.13 Å². The Hall–Kier alpha value is -3.75. The molecular formula is C19H16FN7O. The summed E-state index contributed by atoms with van der Waals surface area (Å²) in [6.07, 6.45) is 5.82. The fraction of sp³-hybridized carbons (Fsp3) is 0.158. The minimum atomic E-state index is -0.657. The zero-order valence-corrected chi connectivity index (χ0v) is 15.1. The normalized spacial score (nSPS) is 16.2. The third-order valence-corrected chi connectivity index (χ3v) is 4.65. The number of aliphatic imine (C=N–C) groups is 1. The molecule has 0 radical (unpaired) electrons. The molecule has 4 aromatic rings. The summed E-state index contributed by atoms with van der Waals surface area (Å²) in [5, 5.41) is 0.743. The van der Waals surface area contributed by atoms with E-state index >= 15 is 0 Å². The molecule has 8 nitrogen and oxygen atoms in total. The molecule has 140 valence electrons. The SMILES string of the molecule is Cc1ncc(OC2N=C(c3cnc[nH]3)c3c([nH]c4ccc(F)cc34)N2C)cn1. The lowest BCUT2D eigenvalue weighted by atomic mass is 10.0.